The first-order valence-electron chi connectivity index (χ1n) is 10.1. The average Bonchev–Trinajstić information content (AvgIpc) is 3.44. The second-order valence-electron chi connectivity index (χ2n) is 7.47. The van der Waals surface area contributed by atoms with Gasteiger partial charge >= 0.3 is 0 Å². The summed E-state index contributed by atoms with van der Waals surface area (Å²) in [5, 5.41) is 8.47. The fourth-order valence-electron chi connectivity index (χ4n) is 3.91. The van der Waals surface area contributed by atoms with E-state index in [2.05, 4.69) is 20.1 Å². The number of amides is 1. The Morgan fingerprint density at radius 1 is 1.21 bits per heavy atom. The third-order valence-corrected chi connectivity index (χ3v) is 5.51. The van der Waals surface area contributed by atoms with Crippen molar-refractivity contribution in [1.29, 1.82) is 0 Å². The van der Waals surface area contributed by atoms with Crippen molar-refractivity contribution in [3.63, 3.8) is 0 Å². The van der Waals surface area contributed by atoms with E-state index in [1.54, 1.807) is 13.3 Å². The fourth-order valence-corrected chi connectivity index (χ4v) is 3.91. The molecule has 2 aliphatic heterocycles. The molecule has 8 nitrogen and oxygen atoms in total. The minimum absolute atomic E-state index is 0.0818. The summed E-state index contributed by atoms with van der Waals surface area (Å²) in [5.41, 5.74) is 0.825. The van der Waals surface area contributed by atoms with E-state index in [-0.39, 0.29) is 11.8 Å². The molecule has 2 aromatic heterocycles. The minimum atomic E-state index is 0.0818. The number of nitrogens with zero attached hydrogens (tertiary/aromatic N) is 5. The van der Waals surface area contributed by atoms with Gasteiger partial charge in [0.1, 0.15) is 5.82 Å². The molecular weight excluding hydrogens is 358 g/mol. The van der Waals surface area contributed by atoms with Gasteiger partial charge in [-0.15, -0.1) is 10.2 Å². The van der Waals surface area contributed by atoms with Gasteiger partial charge in [0.2, 0.25) is 17.7 Å². The molecule has 1 unspecified atom stereocenters. The summed E-state index contributed by atoms with van der Waals surface area (Å²) < 4.78 is 11.0. The highest BCUT2D eigenvalue weighted by Gasteiger charge is 2.28. The Hall–Kier alpha value is -2.48. The van der Waals surface area contributed by atoms with Crippen LogP contribution in [-0.4, -0.2) is 65.9 Å². The number of carbonyl (C=O) groups excluding carboxylic acids is 1. The molecule has 0 N–H and O–H groups in total. The molecule has 2 aliphatic rings. The highest BCUT2D eigenvalue weighted by Crippen LogP contribution is 2.29. The Morgan fingerprint density at radius 3 is 2.82 bits per heavy atom. The maximum Gasteiger partial charge on any atom is 0.249 e. The van der Waals surface area contributed by atoms with Gasteiger partial charge < -0.3 is 19.0 Å². The molecule has 28 heavy (non-hydrogen) atoms. The van der Waals surface area contributed by atoms with Gasteiger partial charge in [-0.05, 0) is 37.8 Å². The highest BCUT2D eigenvalue weighted by molar-refractivity contribution is 5.76. The standard InChI is InChI=1S/C20H27N5O3/c1-27-12-8-18(26)25-11-4-5-16(14-25)20-23-22-19(28-20)15-6-7-17(21-13-15)24-9-2-3-10-24/h6-7,13,16H,2-5,8-12,14H2,1H3. The van der Waals surface area contributed by atoms with Crippen LogP contribution < -0.4 is 4.90 Å². The van der Waals surface area contributed by atoms with E-state index in [9.17, 15) is 4.79 Å². The van der Waals surface area contributed by atoms with Gasteiger partial charge in [0.15, 0.2) is 0 Å². The zero-order chi connectivity index (χ0) is 19.3. The third kappa shape index (κ3) is 4.16. The van der Waals surface area contributed by atoms with Crippen molar-refractivity contribution in [2.45, 2.75) is 38.0 Å². The van der Waals surface area contributed by atoms with Crippen molar-refractivity contribution in [3.8, 4) is 11.5 Å². The Morgan fingerprint density at radius 2 is 2.07 bits per heavy atom. The van der Waals surface area contributed by atoms with Gasteiger partial charge in [0.25, 0.3) is 0 Å². The molecule has 0 radical (unpaired) electrons. The van der Waals surface area contributed by atoms with Crippen molar-refractivity contribution in [2.75, 3.05) is 44.8 Å². The number of methoxy groups -OCH3 is 1. The first kappa shape index (κ1) is 18.9. The van der Waals surface area contributed by atoms with Gasteiger partial charge in [0.05, 0.1) is 24.5 Å². The normalized spacial score (nSPS) is 20.0. The van der Waals surface area contributed by atoms with Crippen LogP contribution in [0.25, 0.3) is 11.5 Å². The Balaban J connectivity index is 1.41. The lowest BCUT2D eigenvalue weighted by Gasteiger charge is -2.31. The maximum atomic E-state index is 12.3. The van der Waals surface area contributed by atoms with Gasteiger partial charge in [-0.3, -0.25) is 4.79 Å². The average molecular weight is 385 g/mol. The van der Waals surface area contributed by atoms with Crippen molar-refractivity contribution < 1.29 is 13.9 Å². The Labute approximate surface area is 164 Å². The van der Waals surface area contributed by atoms with Crippen LogP contribution in [0.1, 0.15) is 43.9 Å². The molecule has 0 spiro atoms. The summed E-state index contributed by atoms with van der Waals surface area (Å²) in [6.45, 7) is 3.99. The van der Waals surface area contributed by atoms with Crippen LogP contribution >= 0.6 is 0 Å². The zero-order valence-corrected chi connectivity index (χ0v) is 16.3. The van der Waals surface area contributed by atoms with E-state index < -0.39 is 0 Å². The molecular formula is C20H27N5O3. The van der Waals surface area contributed by atoms with E-state index >= 15 is 0 Å². The lowest BCUT2D eigenvalue weighted by atomic mass is 9.98. The third-order valence-electron chi connectivity index (χ3n) is 5.51. The summed E-state index contributed by atoms with van der Waals surface area (Å²) in [5.74, 6) is 2.28. The van der Waals surface area contributed by atoms with Crippen molar-refractivity contribution in [3.05, 3.63) is 24.2 Å². The molecule has 2 saturated heterocycles. The largest absolute Gasteiger partial charge is 0.420 e. The molecule has 0 aliphatic carbocycles. The van der Waals surface area contributed by atoms with Crippen LogP contribution in [-0.2, 0) is 9.53 Å². The molecule has 1 amide bonds. The lowest BCUT2D eigenvalue weighted by molar-refractivity contribution is -0.133. The minimum Gasteiger partial charge on any atom is -0.420 e. The predicted octanol–water partition coefficient (Wildman–Crippen LogP) is 2.47. The number of piperidine rings is 1. The topological polar surface area (TPSA) is 84.6 Å². The zero-order valence-electron chi connectivity index (χ0n) is 16.3. The molecule has 8 heteroatoms. The first-order chi connectivity index (χ1) is 13.7. The smallest absolute Gasteiger partial charge is 0.249 e. The first-order valence-corrected chi connectivity index (χ1v) is 10.1. The second-order valence-corrected chi connectivity index (χ2v) is 7.47. The second kappa shape index (κ2) is 8.68. The van der Waals surface area contributed by atoms with Crippen molar-refractivity contribution in [1.82, 2.24) is 20.1 Å². The fraction of sp³-hybridized carbons (Fsp3) is 0.600. The van der Waals surface area contributed by atoms with E-state index in [4.69, 9.17) is 9.15 Å². The van der Waals surface area contributed by atoms with Gasteiger partial charge in [-0.25, -0.2) is 4.98 Å². The number of hydrogen-bond donors (Lipinski definition) is 0. The van der Waals surface area contributed by atoms with Crippen LogP contribution in [0.3, 0.4) is 0 Å². The summed E-state index contributed by atoms with van der Waals surface area (Å²) >= 11 is 0. The molecule has 2 fully saturated rings. The number of aromatic nitrogens is 3. The molecule has 0 aromatic carbocycles. The number of rotatable bonds is 6. The summed E-state index contributed by atoms with van der Waals surface area (Å²) in [6, 6.07) is 4.00. The van der Waals surface area contributed by atoms with E-state index in [1.807, 2.05) is 17.0 Å². The van der Waals surface area contributed by atoms with E-state index in [0.29, 0.717) is 31.4 Å². The number of ether oxygens (including phenoxy) is 1. The van der Waals surface area contributed by atoms with Crippen LogP contribution in [0.4, 0.5) is 5.82 Å². The number of carbonyl (C=O) groups is 1. The van der Waals surface area contributed by atoms with E-state index in [0.717, 1.165) is 43.9 Å². The number of likely N-dealkylation sites (tertiary alicyclic amines) is 1. The molecule has 4 rings (SSSR count). The van der Waals surface area contributed by atoms with Crippen LogP contribution in [0.2, 0.25) is 0 Å². The summed E-state index contributed by atoms with van der Waals surface area (Å²) in [7, 11) is 1.61. The monoisotopic (exact) mass is 385 g/mol. The number of anilines is 1. The van der Waals surface area contributed by atoms with Crippen molar-refractivity contribution in [2.24, 2.45) is 0 Å². The Bertz CT molecular complexity index is 785. The molecule has 0 saturated carbocycles. The number of pyridine rings is 1. The SMILES string of the molecule is COCCC(=O)N1CCCC(c2nnc(-c3ccc(N4CCCC4)nc3)o2)C1. The molecule has 1 atom stereocenters. The predicted molar refractivity (Wildman–Crippen MR) is 104 cm³/mol. The highest BCUT2D eigenvalue weighted by atomic mass is 16.5. The number of hydrogen-bond acceptors (Lipinski definition) is 7. The maximum absolute atomic E-state index is 12.3. The molecule has 2 aromatic rings. The van der Waals surface area contributed by atoms with Gasteiger partial charge in [-0.2, -0.15) is 0 Å². The summed E-state index contributed by atoms with van der Waals surface area (Å²) in [4.78, 5) is 21.0. The van der Waals surface area contributed by atoms with Crippen LogP contribution in [0.5, 0.6) is 0 Å². The Kier molecular flexibility index (Phi) is 5.85. The molecule has 0 bridgehead atoms. The van der Waals surface area contributed by atoms with Gasteiger partial charge in [0, 0.05) is 39.5 Å². The van der Waals surface area contributed by atoms with E-state index in [1.165, 1.54) is 12.8 Å². The lowest BCUT2D eigenvalue weighted by Crippen LogP contribution is -2.39. The quantitative estimate of drug-likeness (QED) is 0.755. The summed E-state index contributed by atoms with van der Waals surface area (Å²) in [6.07, 6.45) is 6.54. The van der Waals surface area contributed by atoms with Crippen molar-refractivity contribution >= 4 is 11.7 Å². The van der Waals surface area contributed by atoms with Crippen LogP contribution in [0, 0.1) is 0 Å². The molecule has 4 heterocycles. The molecule has 150 valence electrons. The van der Waals surface area contributed by atoms with Crippen LogP contribution in [0.15, 0.2) is 22.7 Å². The van der Waals surface area contributed by atoms with Gasteiger partial charge in [-0.1, -0.05) is 0 Å².